The second kappa shape index (κ2) is 9.70. The Hall–Kier alpha value is -3.88. The number of hydrogen-bond acceptors (Lipinski definition) is 6. The van der Waals surface area contributed by atoms with Gasteiger partial charge in [-0.3, -0.25) is 9.78 Å². The van der Waals surface area contributed by atoms with E-state index < -0.39 is 5.60 Å². The van der Waals surface area contributed by atoms with E-state index in [2.05, 4.69) is 45.2 Å². The number of benzene rings is 2. The molecule has 1 atom stereocenters. The molecule has 2 aromatic carbocycles. The Bertz CT molecular complexity index is 1650. The second-order valence-electron chi connectivity index (χ2n) is 11.1. The number of hydrogen-bond donors (Lipinski definition) is 1. The van der Waals surface area contributed by atoms with Crippen LogP contribution in [0, 0.1) is 12.8 Å². The van der Waals surface area contributed by atoms with Crippen molar-refractivity contribution in [2.45, 2.75) is 45.3 Å². The SMILES string of the molecule is Cc1nnn(C)c1-c1cnc2c3ccc(C(C)(C)O)cc3n(C(c3ccc(C=O)cc3)C3CCOCC3)c2c1. The van der Waals surface area contributed by atoms with Gasteiger partial charge in [0.05, 0.1) is 39.6 Å². The van der Waals surface area contributed by atoms with Crippen LogP contribution in [0.15, 0.2) is 54.7 Å². The van der Waals surface area contributed by atoms with Crippen LogP contribution >= 0.6 is 0 Å². The number of pyridine rings is 1. The maximum atomic E-state index is 11.4. The summed E-state index contributed by atoms with van der Waals surface area (Å²) in [5.74, 6) is 0.314. The summed E-state index contributed by atoms with van der Waals surface area (Å²) in [6.07, 6.45) is 4.61. The summed E-state index contributed by atoms with van der Waals surface area (Å²) < 4.78 is 9.93. The summed E-state index contributed by atoms with van der Waals surface area (Å²) in [5.41, 5.74) is 7.28. The molecule has 1 fully saturated rings. The molecule has 1 aliphatic rings. The number of carbonyl (C=O) groups is 1. The lowest BCUT2D eigenvalue weighted by molar-refractivity contribution is 0.0552. The number of aldehydes is 1. The first kappa shape index (κ1) is 25.4. The third-order valence-electron chi connectivity index (χ3n) is 8.02. The van der Waals surface area contributed by atoms with E-state index in [1.165, 1.54) is 0 Å². The van der Waals surface area contributed by atoms with Crippen molar-refractivity contribution in [2.75, 3.05) is 13.2 Å². The van der Waals surface area contributed by atoms with Crippen molar-refractivity contribution >= 4 is 28.2 Å². The zero-order valence-corrected chi connectivity index (χ0v) is 22.8. The predicted molar refractivity (Wildman–Crippen MR) is 151 cm³/mol. The molecule has 1 N–H and O–H groups in total. The number of nitrogens with zero attached hydrogens (tertiary/aromatic N) is 5. The molecule has 1 aliphatic heterocycles. The molecule has 1 saturated heterocycles. The smallest absolute Gasteiger partial charge is 0.150 e. The molecular weight excluding hydrogens is 490 g/mol. The van der Waals surface area contributed by atoms with E-state index in [4.69, 9.17) is 9.72 Å². The molecule has 3 aromatic heterocycles. The van der Waals surface area contributed by atoms with Gasteiger partial charge in [-0.2, -0.15) is 0 Å². The molecule has 39 heavy (non-hydrogen) atoms. The lowest BCUT2D eigenvalue weighted by Gasteiger charge is -2.33. The number of carbonyl (C=O) groups excluding carboxylic acids is 1. The van der Waals surface area contributed by atoms with E-state index in [9.17, 15) is 9.90 Å². The molecule has 8 nitrogen and oxygen atoms in total. The largest absolute Gasteiger partial charge is 0.386 e. The quantitative estimate of drug-likeness (QED) is 0.302. The number of rotatable bonds is 6. The van der Waals surface area contributed by atoms with E-state index in [-0.39, 0.29) is 6.04 Å². The van der Waals surface area contributed by atoms with E-state index in [0.717, 1.165) is 69.1 Å². The van der Waals surface area contributed by atoms with Gasteiger partial charge in [0.1, 0.15) is 6.29 Å². The zero-order chi connectivity index (χ0) is 27.3. The van der Waals surface area contributed by atoms with Gasteiger partial charge < -0.3 is 14.4 Å². The number of ether oxygens (including phenoxy) is 1. The third-order valence-corrected chi connectivity index (χ3v) is 8.02. The monoisotopic (exact) mass is 523 g/mol. The Morgan fingerprint density at radius 3 is 2.46 bits per heavy atom. The molecule has 0 amide bonds. The average molecular weight is 524 g/mol. The maximum absolute atomic E-state index is 11.4. The Balaban J connectivity index is 1.68. The van der Waals surface area contributed by atoms with Crippen molar-refractivity contribution in [3.8, 4) is 11.3 Å². The van der Waals surface area contributed by atoms with Crippen molar-refractivity contribution in [3.63, 3.8) is 0 Å². The van der Waals surface area contributed by atoms with Crippen molar-refractivity contribution in [1.82, 2.24) is 24.5 Å². The molecule has 0 aliphatic carbocycles. The molecule has 0 saturated carbocycles. The van der Waals surface area contributed by atoms with Crippen LogP contribution < -0.4 is 0 Å². The predicted octanol–water partition coefficient (Wildman–Crippen LogP) is 5.35. The summed E-state index contributed by atoms with van der Waals surface area (Å²) in [7, 11) is 1.89. The van der Waals surface area contributed by atoms with Gasteiger partial charge in [-0.15, -0.1) is 5.10 Å². The minimum atomic E-state index is -0.995. The van der Waals surface area contributed by atoms with Gasteiger partial charge in [0.15, 0.2) is 0 Å². The standard InChI is InChI=1S/C31H33N5O3/c1-19-29(35(4)34-33-19)23-15-27-28(32-17-23)25-10-9-24(31(2,3)38)16-26(25)36(27)30(22-11-13-39-14-12-22)21-7-5-20(18-37)6-8-21/h5-10,15-18,22,30,38H,11-14H2,1-4H3. The van der Waals surface area contributed by atoms with Crippen molar-refractivity contribution < 1.29 is 14.6 Å². The van der Waals surface area contributed by atoms with Crippen LogP contribution in [-0.4, -0.2) is 49.2 Å². The number of aliphatic hydroxyl groups is 1. The normalized spacial score (nSPS) is 15.7. The highest BCUT2D eigenvalue weighted by molar-refractivity contribution is 6.07. The van der Waals surface area contributed by atoms with Crippen LogP contribution in [0.2, 0.25) is 0 Å². The van der Waals surface area contributed by atoms with Gasteiger partial charge in [0.25, 0.3) is 0 Å². The summed E-state index contributed by atoms with van der Waals surface area (Å²) in [6.45, 7) is 7.00. The molecule has 4 heterocycles. The molecule has 200 valence electrons. The van der Waals surface area contributed by atoms with Crippen LogP contribution in [0.3, 0.4) is 0 Å². The first-order valence-electron chi connectivity index (χ1n) is 13.4. The fourth-order valence-electron chi connectivity index (χ4n) is 6.01. The molecule has 0 spiro atoms. The summed E-state index contributed by atoms with van der Waals surface area (Å²) in [5, 5.41) is 20.4. The first-order chi connectivity index (χ1) is 18.8. The second-order valence-corrected chi connectivity index (χ2v) is 11.1. The first-order valence-corrected chi connectivity index (χ1v) is 13.4. The minimum Gasteiger partial charge on any atom is -0.386 e. The highest BCUT2D eigenvalue weighted by Gasteiger charge is 2.31. The fraction of sp³-hybridized carbons (Fsp3) is 0.355. The van der Waals surface area contributed by atoms with E-state index in [1.807, 2.05) is 52.2 Å². The van der Waals surface area contributed by atoms with Crippen LogP contribution in [0.25, 0.3) is 33.2 Å². The van der Waals surface area contributed by atoms with Gasteiger partial charge in [-0.25, -0.2) is 4.68 Å². The molecule has 1 unspecified atom stereocenters. The fourth-order valence-corrected chi connectivity index (χ4v) is 6.01. The summed E-state index contributed by atoms with van der Waals surface area (Å²) >= 11 is 0. The number of fused-ring (bicyclic) bond motifs is 3. The van der Waals surface area contributed by atoms with Crippen molar-refractivity contribution in [2.24, 2.45) is 13.0 Å². The number of aryl methyl sites for hydroxylation is 2. The molecular formula is C31H33N5O3. The van der Waals surface area contributed by atoms with Crippen LogP contribution in [-0.2, 0) is 17.4 Å². The summed E-state index contributed by atoms with van der Waals surface area (Å²) in [6, 6.07) is 16.2. The van der Waals surface area contributed by atoms with E-state index in [1.54, 1.807) is 4.68 Å². The van der Waals surface area contributed by atoms with Crippen molar-refractivity contribution in [3.05, 3.63) is 77.1 Å². The van der Waals surface area contributed by atoms with E-state index >= 15 is 0 Å². The Labute approximate surface area is 227 Å². The van der Waals surface area contributed by atoms with Gasteiger partial charge >= 0.3 is 0 Å². The lowest BCUT2D eigenvalue weighted by Crippen LogP contribution is -2.27. The van der Waals surface area contributed by atoms with Gasteiger partial charge in [0.2, 0.25) is 0 Å². The molecule has 6 rings (SSSR count). The highest BCUT2D eigenvalue weighted by Crippen LogP contribution is 2.42. The van der Waals surface area contributed by atoms with Crippen LogP contribution in [0.4, 0.5) is 0 Å². The molecule has 8 heteroatoms. The van der Waals surface area contributed by atoms with Gasteiger partial charge in [-0.05, 0) is 62.8 Å². The zero-order valence-electron chi connectivity index (χ0n) is 22.8. The molecule has 0 radical (unpaired) electrons. The minimum absolute atomic E-state index is 0.0190. The Morgan fingerprint density at radius 1 is 1.08 bits per heavy atom. The summed E-state index contributed by atoms with van der Waals surface area (Å²) in [4.78, 5) is 16.4. The Morgan fingerprint density at radius 2 is 1.82 bits per heavy atom. The van der Waals surface area contributed by atoms with Crippen LogP contribution in [0.1, 0.15) is 59.9 Å². The lowest BCUT2D eigenvalue weighted by atomic mass is 9.86. The third kappa shape index (κ3) is 4.43. The molecule has 5 aromatic rings. The maximum Gasteiger partial charge on any atom is 0.150 e. The Kier molecular flexibility index (Phi) is 6.32. The topological polar surface area (TPSA) is 95.1 Å². The molecule has 0 bridgehead atoms. The van der Waals surface area contributed by atoms with E-state index in [0.29, 0.717) is 24.7 Å². The average Bonchev–Trinajstić information content (AvgIpc) is 3.44. The van der Waals surface area contributed by atoms with Gasteiger partial charge in [-0.1, -0.05) is 41.6 Å². The van der Waals surface area contributed by atoms with Crippen molar-refractivity contribution in [1.29, 1.82) is 0 Å². The number of aromatic nitrogens is 5. The van der Waals surface area contributed by atoms with Crippen LogP contribution in [0.5, 0.6) is 0 Å². The highest BCUT2D eigenvalue weighted by atomic mass is 16.5. The van der Waals surface area contributed by atoms with Gasteiger partial charge in [0, 0.05) is 43.0 Å².